The molecule has 0 aromatic heterocycles. The Morgan fingerprint density at radius 1 is 0.909 bits per heavy atom. The second kappa shape index (κ2) is 4.91. The number of rotatable bonds is 0. The number of hydrogen-bond donors (Lipinski definition) is 1. The molecule has 0 saturated carbocycles. The van der Waals surface area contributed by atoms with Gasteiger partial charge in [-0.2, -0.15) is 0 Å². The van der Waals surface area contributed by atoms with Crippen molar-refractivity contribution >= 4 is 0 Å². The van der Waals surface area contributed by atoms with Gasteiger partial charge >= 0.3 is 0 Å². The first-order chi connectivity index (χ1) is 5.20. The Labute approximate surface area is 69.2 Å². The first-order valence-corrected chi connectivity index (χ1v) is 3.82. The Kier molecular flexibility index (Phi) is 4.55. The van der Waals surface area contributed by atoms with Gasteiger partial charge in [0, 0.05) is 0 Å². The third-order valence-corrected chi connectivity index (χ3v) is 1.66. The number of aryl methyl sites for hydroxylation is 3. The molecule has 1 aromatic carbocycles. The highest BCUT2D eigenvalue weighted by atomic mass is 14.4. The molecular weight excluding hydrogens is 134 g/mol. The molecule has 0 saturated heterocycles. The van der Waals surface area contributed by atoms with Crippen molar-refractivity contribution in [3.05, 3.63) is 34.9 Å². The van der Waals surface area contributed by atoms with Crippen molar-refractivity contribution in [3.63, 3.8) is 0 Å². The van der Waals surface area contributed by atoms with Crippen molar-refractivity contribution < 1.29 is 0 Å². The van der Waals surface area contributed by atoms with E-state index < -0.39 is 0 Å². The summed E-state index contributed by atoms with van der Waals surface area (Å²) in [5.74, 6) is 0. The quantitative estimate of drug-likeness (QED) is 0.604. The molecule has 0 spiro atoms. The monoisotopic (exact) mass is 151 g/mol. The maximum Gasteiger partial charge on any atom is -0.0195 e. The molecule has 0 unspecified atom stereocenters. The van der Waals surface area contributed by atoms with E-state index in [4.69, 9.17) is 0 Å². The van der Waals surface area contributed by atoms with Crippen LogP contribution in [0.25, 0.3) is 0 Å². The summed E-state index contributed by atoms with van der Waals surface area (Å²) in [6, 6.07) is 6.50. The van der Waals surface area contributed by atoms with Crippen molar-refractivity contribution in [2.24, 2.45) is 5.73 Å². The molecule has 0 atom stereocenters. The van der Waals surface area contributed by atoms with E-state index in [1.807, 2.05) is 0 Å². The molecule has 0 heterocycles. The smallest absolute Gasteiger partial charge is 0.0195 e. The van der Waals surface area contributed by atoms with Crippen molar-refractivity contribution in [1.82, 2.24) is 0 Å². The number of hydrogen-bond acceptors (Lipinski definition) is 1. The molecule has 2 N–H and O–H groups in total. The third-order valence-electron chi connectivity index (χ3n) is 1.66. The summed E-state index contributed by atoms with van der Waals surface area (Å²) >= 11 is 0. The largest absolute Gasteiger partial charge is 0.333 e. The zero-order valence-corrected chi connectivity index (χ0v) is 7.81. The summed E-state index contributed by atoms with van der Waals surface area (Å²) < 4.78 is 0. The van der Waals surface area contributed by atoms with Crippen LogP contribution >= 0.6 is 0 Å². The molecule has 1 nitrogen and oxygen atoms in total. The molecular formula is C10H17N. The molecule has 1 aromatic rings. The van der Waals surface area contributed by atoms with E-state index in [1.54, 1.807) is 0 Å². The van der Waals surface area contributed by atoms with E-state index in [0.717, 1.165) is 0 Å². The zero-order chi connectivity index (χ0) is 8.85. The predicted octanol–water partition coefficient (Wildman–Crippen LogP) is 2.19. The average Bonchev–Trinajstić information content (AvgIpc) is 2.02. The molecule has 0 radical (unpaired) electrons. The van der Waals surface area contributed by atoms with Gasteiger partial charge in [-0.15, -0.1) is 0 Å². The normalized spacial score (nSPS) is 8.45. The first kappa shape index (κ1) is 10.2. The van der Waals surface area contributed by atoms with Gasteiger partial charge in [0.25, 0.3) is 0 Å². The van der Waals surface area contributed by atoms with Crippen molar-refractivity contribution in [3.8, 4) is 0 Å². The minimum absolute atomic E-state index is 1.35. The Morgan fingerprint density at radius 2 is 1.45 bits per heavy atom. The van der Waals surface area contributed by atoms with Gasteiger partial charge in [0.2, 0.25) is 0 Å². The zero-order valence-electron chi connectivity index (χ0n) is 7.81. The molecule has 0 bridgehead atoms. The number of benzene rings is 1. The average molecular weight is 151 g/mol. The molecule has 0 amide bonds. The molecule has 0 aliphatic carbocycles. The fourth-order valence-electron chi connectivity index (χ4n) is 0.891. The second-order valence-corrected chi connectivity index (χ2v) is 2.59. The number of nitrogens with two attached hydrogens (primary N) is 1. The van der Waals surface area contributed by atoms with Crippen molar-refractivity contribution in [2.75, 3.05) is 7.05 Å². The summed E-state index contributed by atoms with van der Waals surface area (Å²) in [6.07, 6.45) is 0. The van der Waals surface area contributed by atoms with Crippen LogP contribution in [0.2, 0.25) is 0 Å². The lowest BCUT2D eigenvalue weighted by atomic mass is 10.1. The van der Waals surface area contributed by atoms with Crippen LogP contribution in [0, 0.1) is 20.8 Å². The lowest BCUT2D eigenvalue weighted by Gasteiger charge is -1.98. The highest BCUT2D eigenvalue weighted by Crippen LogP contribution is 2.07. The maximum atomic E-state index is 4.50. The highest BCUT2D eigenvalue weighted by Gasteiger charge is 1.89. The second-order valence-electron chi connectivity index (χ2n) is 2.59. The summed E-state index contributed by atoms with van der Waals surface area (Å²) in [4.78, 5) is 0. The molecule has 0 aliphatic rings. The van der Waals surface area contributed by atoms with E-state index in [1.165, 1.54) is 23.7 Å². The van der Waals surface area contributed by atoms with Gasteiger partial charge in [0.15, 0.2) is 0 Å². The molecule has 11 heavy (non-hydrogen) atoms. The van der Waals surface area contributed by atoms with Crippen LogP contribution in [0.4, 0.5) is 0 Å². The molecule has 1 heteroatoms. The van der Waals surface area contributed by atoms with Crippen LogP contribution in [0.1, 0.15) is 16.7 Å². The van der Waals surface area contributed by atoms with E-state index >= 15 is 0 Å². The Hall–Kier alpha value is -0.820. The Bertz CT molecular complexity index is 216. The van der Waals surface area contributed by atoms with Gasteiger partial charge in [-0.05, 0) is 38.9 Å². The molecule has 62 valence electrons. The Balaban J connectivity index is 0.000000461. The summed E-state index contributed by atoms with van der Waals surface area (Å²) in [7, 11) is 1.50. The van der Waals surface area contributed by atoms with E-state index in [0.29, 0.717) is 0 Å². The van der Waals surface area contributed by atoms with E-state index in [9.17, 15) is 0 Å². The van der Waals surface area contributed by atoms with Crippen molar-refractivity contribution in [2.45, 2.75) is 20.8 Å². The Morgan fingerprint density at radius 3 is 1.82 bits per heavy atom. The van der Waals surface area contributed by atoms with Crippen LogP contribution in [-0.2, 0) is 0 Å². The summed E-state index contributed by atoms with van der Waals surface area (Å²) in [5.41, 5.74) is 8.61. The molecule has 1 rings (SSSR count). The van der Waals surface area contributed by atoms with Gasteiger partial charge in [0.1, 0.15) is 0 Å². The van der Waals surface area contributed by atoms with Gasteiger partial charge < -0.3 is 5.73 Å². The highest BCUT2D eigenvalue weighted by molar-refractivity contribution is 5.28. The standard InChI is InChI=1S/C9H12.CH5N/c1-7-4-5-8(2)9(3)6-7;1-2/h4-6H,1-3H3;2H2,1H3. The van der Waals surface area contributed by atoms with Crippen LogP contribution in [0.3, 0.4) is 0 Å². The molecule has 0 fully saturated rings. The first-order valence-electron chi connectivity index (χ1n) is 3.82. The van der Waals surface area contributed by atoms with Crippen LogP contribution < -0.4 is 5.73 Å². The predicted molar refractivity (Wildman–Crippen MR) is 50.8 cm³/mol. The summed E-state index contributed by atoms with van der Waals surface area (Å²) in [6.45, 7) is 6.39. The SMILES string of the molecule is CN.Cc1ccc(C)c(C)c1. The fraction of sp³-hybridized carbons (Fsp3) is 0.400. The van der Waals surface area contributed by atoms with Gasteiger partial charge in [-0.3, -0.25) is 0 Å². The maximum absolute atomic E-state index is 4.50. The topological polar surface area (TPSA) is 26.0 Å². The van der Waals surface area contributed by atoms with Crippen LogP contribution in [0.5, 0.6) is 0 Å². The fourth-order valence-corrected chi connectivity index (χ4v) is 0.891. The molecule has 0 aliphatic heterocycles. The van der Waals surface area contributed by atoms with E-state index in [-0.39, 0.29) is 0 Å². The summed E-state index contributed by atoms with van der Waals surface area (Å²) in [5, 5.41) is 0. The third kappa shape index (κ3) is 3.19. The lowest BCUT2D eigenvalue weighted by Crippen LogP contribution is -1.79. The van der Waals surface area contributed by atoms with Gasteiger partial charge in [-0.25, -0.2) is 0 Å². The van der Waals surface area contributed by atoms with Crippen LogP contribution in [-0.4, -0.2) is 7.05 Å². The van der Waals surface area contributed by atoms with Crippen LogP contribution in [0.15, 0.2) is 18.2 Å². The minimum Gasteiger partial charge on any atom is -0.333 e. The minimum atomic E-state index is 1.35. The van der Waals surface area contributed by atoms with Gasteiger partial charge in [0.05, 0.1) is 0 Å². The van der Waals surface area contributed by atoms with Crippen molar-refractivity contribution in [1.29, 1.82) is 0 Å². The lowest BCUT2D eigenvalue weighted by molar-refractivity contribution is 1.30. The van der Waals surface area contributed by atoms with E-state index in [2.05, 4.69) is 44.7 Å². The van der Waals surface area contributed by atoms with Gasteiger partial charge in [-0.1, -0.05) is 23.8 Å².